The average Bonchev–Trinajstić information content (AvgIpc) is 2.99. The lowest BCUT2D eigenvalue weighted by atomic mass is 10.2. The second kappa shape index (κ2) is 6.74. The molecule has 24 heavy (non-hydrogen) atoms. The van der Waals surface area contributed by atoms with Crippen LogP contribution in [0, 0.1) is 6.92 Å². The number of benzene rings is 1. The molecule has 1 aliphatic heterocycles. The highest BCUT2D eigenvalue weighted by Gasteiger charge is 2.14. The molecule has 7 nitrogen and oxygen atoms in total. The zero-order chi connectivity index (χ0) is 17.1. The van der Waals surface area contributed by atoms with Crippen molar-refractivity contribution in [3.8, 4) is 11.5 Å². The van der Waals surface area contributed by atoms with Crippen molar-refractivity contribution in [1.29, 1.82) is 0 Å². The van der Waals surface area contributed by atoms with Gasteiger partial charge in [-0.1, -0.05) is 6.07 Å². The molecule has 1 aromatic carbocycles. The van der Waals surface area contributed by atoms with Crippen molar-refractivity contribution < 1.29 is 14.3 Å². The van der Waals surface area contributed by atoms with Crippen LogP contribution in [0.25, 0.3) is 0 Å². The minimum Gasteiger partial charge on any atom is -0.454 e. The summed E-state index contributed by atoms with van der Waals surface area (Å²) >= 11 is 0. The smallest absolute Gasteiger partial charge is 0.270 e. The van der Waals surface area contributed by atoms with Gasteiger partial charge in [0.1, 0.15) is 5.69 Å². The van der Waals surface area contributed by atoms with Crippen LogP contribution >= 0.6 is 0 Å². The van der Waals surface area contributed by atoms with Gasteiger partial charge in [-0.25, -0.2) is 9.97 Å². The van der Waals surface area contributed by atoms with E-state index in [4.69, 9.17) is 9.47 Å². The second-order valence-corrected chi connectivity index (χ2v) is 5.89. The van der Waals surface area contributed by atoms with Gasteiger partial charge in [0.15, 0.2) is 11.5 Å². The molecule has 1 aliphatic rings. The fourth-order valence-electron chi connectivity index (χ4n) is 2.33. The normalized spacial score (nSPS) is 12.3. The van der Waals surface area contributed by atoms with Gasteiger partial charge in [0.2, 0.25) is 12.7 Å². The van der Waals surface area contributed by atoms with Gasteiger partial charge in [-0.2, -0.15) is 0 Å². The molecule has 0 unspecified atom stereocenters. The predicted molar refractivity (Wildman–Crippen MR) is 89.3 cm³/mol. The van der Waals surface area contributed by atoms with Gasteiger partial charge in [0.05, 0.1) is 0 Å². The van der Waals surface area contributed by atoms with E-state index in [1.165, 1.54) is 0 Å². The molecule has 0 aliphatic carbocycles. The Morgan fingerprint density at radius 2 is 2.00 bits per heavy atom. The molecule has 0 saturated carbocycles. The van der Waals surface area contributed by atoms with E-state index in [1.807, 2.05) is 39.0 Å². The number of carbonyl (C=O) groups excluding carboxylic acids is 1. The molecule has 7 heteroatoms. The first kappa shape index (κ1) is 16.0. The van der Waals surface area contributed by atoms with E-state index >= 15 is 0 Å². The van der Waals surface area contributed by atoms with E-state index < -0.39 is 0 Å². The third kappa shape index (κ3) is 3.73. The first-order valence-electron chi connectivity index (χ1n) is 7.80. The summed E-state index contributed by atoms with van der Waals surface area (Å²) in [6.07, 6.45) is 0. The molecule has 0 atom stereocenters. The molecule has 2 aromatic rings. The molecule has 1 amide bonds. The number of nitrogens with one attached hydrogen (secondary N) is 2. The number of hydrogen-bond acceptors (Lipinski definition) is 6. The van der Waals surface area contributed by atoms with Gasteiger partial charge in [-0.05, 0) is 44.5 Å². The van der Waals surface area contributed by atoms with E-state index in [2.05, 4.69) is 20.6 Å². The molecule has 126 valence electrons. The first-order chi connectivity index (χ1) is 11.5. The number of amides is 1. The summed E-state index contributed by atoms with van der Waals surface area (Å²) < 4.78 is 10.6. The second-order valence-electron chi connectivity index (χ2n) is 5.89. The number of carbonyl (C=O) groups is 1. The summed E-state index contributed by atoms with van der Waals surface area (Å²) in [6.45, 7) is 6.43. The Morgan fingerprint density at radius 3 is 2.79 bits per heavy atom. The van der Waals surface area contributed by atoms with Crippen LogP contribution in [0.2, 0.25) is 0 Å². The molecule has 3 rings (SSSR count). The Balaban J connectivity index is 1.67. The van der Waals surface area contributed by atoms with Crippen LogP contribution in [-0.4, -0.2) is 28.7 Å². The van der Waals surface area contributed by atoms with Gasteiger partial charge in [-0.15, -0.1) is 0 Å². The van der Waals surface area contributed by atoms with Crippen LogP contribution in [-0.2, 0) is 6.54 Å². The highest BCUT2D eigenvalue weighted by Crippen LogP contribution is 2.32. The first-order valence-corrected chi connectivity index (χ1v) is 7.80. The van der Waals surface area contributed by atoms with Crippen molar-refractivity contribution in [3.05, 3.63) is 41.2 Å². The monoisotopic (exact) mass is 328 g/mol. The molecule has 2 N–H and O–H groups in total. The number of aromatic nitrogens is 2. The van der Waals surface area contributed by atoms with Gasteiger partial charge < -0.3 is 20.1 Å². The number of nitrogens with zero attached hydrogens (tertiary/aromatic N) is 2. The maximum Gasteiger partial charge on any atom is 0.270 e. The lowest BCUT2D eigenvalue weighted by molar-refractivity contribution is 0.0945. The Hall–Kier alpha value is -2.83. The van der Waals surface area contributed by atoms with Crippen molar-refractivity contribution in [2.45, 2.75) is 33.4 Å². The number of hydrogen-bond donors (Lipinski definition) is 2. The summed E-state index contributed by atoms with van der Waals surface area (Å²) in [4.78, 5) is 20.9. The average molecular weight is 328 g/mol. The Kier molecular flexibility index (Phi) is 4.50. The van der Waals surface area contributed by atoms with E-state index in [-0.39, 0.29) is 18.7 Å². The molecular weight excluding hydrogens is 308 g/mol. The zero-order valence-electron chi connectivity index (χ0n) is 13.9. The predicted octanol–water partition coefficient (Wildman–Crippen LogP) is 2.26. The zero-order valence-corrected chi connectivity index (χ0v) is 13.9. The van der Waals surface area contributed by atoms with Crippen molar-refractivity contribution in [1.82, 2.24) is 15.3 Å². The summed E-state index contributed by atoms with van der Waals surface area (Å²) in [5.41, 5.74) is 2.01. The number of anilines is 1. The molecule has 0 fully saturated rings. The third-order valence-corrected chi connectivity index (χ3v) is 3.39. The summed E-state index contributed by atoms with van der Waals surface area (Å²) in [5, 5.41) is 5.97. The van der Waals surface area contributed by atoms with Gasteiger partial charge in [-0.3, -0.25) is 4.79 Å². The highest BCUT2D eigenvalue weighted by molar-refractivity contribution is 5.92. The minimum absolute atomic E-state index is 0.191. The van der Waals surface area contributed by atoms with Crippen LogP contribution in [0.3, 0.4) is 0 Å². The summed E-state index contributed by atoms with van der Waals surface area (Å²) in [7, 11) is 0. The molecule has 0 radical (unpaired) electrons. The standard InChI is InChI=1S/C17H20N4O3/c1-10(2)19-17-20-11(3)6-13(21-17)16(22)18-8-12-4-5-14-15(7-12)24-9-23-14/h4-7,10H,8-9H2,1-3H3,(H,18,22)(H,19,20,21). The van der Waals surface area contributed by atoms with Crippen molar-refractivity contribution >= 4 is 11.9 Å². The van der Waals surface area contributed by atoms with Gasteiger partial charge in [0, 0.05) is 18.3 Å². The minimum atomic E-state index is -0.245. The van der Waals surface area contributed by atoms with Crippen molar-refractivity contribution in [2.24, 2.45) is 0 Å². The molecule has 2 heterocycles. The number of rotatable bonds is 5. The van der Waals surface area contributed by atoms with E-state index in [0.29, 0.717) is 23.9 Å². The highest BCUT2D eigenvalue weighted by atomic mass is 16.7. The topological polar surface area (TPSA) is 85.4 Å². The molecule has 0 spiro atoms. The van der Waals surface area contributed by atoms with E-state index in [1.54, 1.807) is 6.07 Å². The van der Waals surface area contributed by atoms with Crippen molar-refractivity contribution in [2.75, 3.05) is 12.1 Å². The number of ether oxygens (including phenoxy) is 2. The molecule has 0 bridgehead atoms. The van der Waals surface area contributed by atoms with E-state index in [9.17, 15) is 4.79 Å². The van der Waals surface area contributed by atoms with Crippen LogP contribution in [0.1, 0.15) is 35.6 Å². The fourth-order valence-corrected chi connectivity index (χ4v) is 2.33. The number of aryl methyl sites for hydroxylation is 1. The molecular formula is C17H20N4O3. The Labute approximate surface area is 140 Å². The molecule has 1 aromatic heterocycles. The quantitative estimate of drug-likeness (QED) is 0.876. The van der Waals surface area contributed by atoms with Crippen LogP contribution < -0.4 is 20.1 Å². The van der Waals surface area contributed by atoms with Gasteiger partial charge >= 0.3 is 0 Å². The van der Waals surface area contributed by atoms with Crippen molar-refractivity contribution in [3.63, 3.8) is 0 Å². The Morgan fingerprint density at radius 1 is 1.21 bits per heavy atom. The maximum atomic E-state index is 12.4. The van der Waals surface area contributed by atoms with E-state index in [0.717, 1.165) is 17.0 Å². The van der Waals surface area contributed by atoms with Crippen LogP contribution in [0.15, 0.2) is 24.3 Å². The Bertz CT molecular complexity index is 761. The molecule has 0 saturated heterocycles. The lowest BCUT2D eigenvalue weighted by Gasteiger charge is -2.11. The van der Waals surface area contributed by atoms with Gasteiger partial charge in [0.25, 0.3) is 5.91 Å². The summed E-state index contributed by atoms with van der Waals surface area (Å²) in [5.74, 6) is 1.63. The number of fused-ring (bicyclic) bond motifs is 1. The lowest BCUT2D eigenvalue weighted by Crippen LogP contribution is -2.25. The summed E-state index contributed by atoms with van der Waals surface area (Å²) in [6, 6.07) is 7.45. The van der Waals surface area contributed by atoms with Crippen LogP contribution in [0.4, 0.5) is 5.95 Å². The SMILES string of the molecule is Cc1cc(C(=O)NCc2ccc3c(c2)OCO3)nc(NC(C)C)n1. The van der Waals surface area contributed by atoms with Crippen LogP contribution in [0.5, 0.6) is 11.5 Å². The fraction of sp³-hybridized carbons (Fsp3) is 0.353. The largest absolute Gasteiger partial charge is 0.454 e. The maximum absolute atomic E-state index is 12.4. The third-order valence-electron chi connectivity index (χ3n) is 3.39.